The summed E-state index contributed by atoms with van der Waals surface area (Å²) in [5, 5.41) is 9.63. The van der Waals surface area contributed by atoms with Crippen LogP contribution in [0, 0.1) is 5.41 Å². The highest BCUT2D eigenvalue weighted by atomic mass is 35.5. The minimum Gasteiger partial charge on any atom is -0.481 e. The van der Waals surface area contributed by atoms with Gasteiger partial charge in [-0.05, 0) is 37.8 Å². The average Bonchev–Trinajstić information content (AvgIpc) is 3.04. The molecule has 0 amide bonds. The van der Waals surface area contributed by atoms with Gasteiger partial charge in [0.2, 0.25) is 0 Å². The standard InChI is InChI=1S/C14H18ClNO2S/c1-2-14(13(17)18)7-9-3-5-11(14)16(9)8-10-4-6-12(15)19-10/h4,6,9,11H,2-3,5,7-8H2,1H3,(H,17,18)/t9-,11+,14+/m0/s1. The van der Waals surface area contributed by atoms with Crippen molar-refractivity contribution in [1.29, 1.82) is 0 Å². The van der Waals surface area contributed by atoms with Crippen molar-refractivity contribution in [3.63, 3.8) is 0 Å². The van der Waals surface area contributed by atoms with Crippen LogP contribution in [-0.2, 0) is 11.3 Å². The van der Waals surface area contributed by atoms with Gasteiger partial charge in [-0.2, -0.15) is 0 Å². The maximum Gasteiger partial charge on any atom is 0.311 e. The first-order chi connectivity index (χ1) is 9.06. The Bertz CT molecular complexity index is 503. The molecule has 19 heavy (non-hydrogen) atoms. The molecule has 2 saturated heterocycles. The highest BCUT2D eigenvalue weighted by Crippen LogP contribution is 2.52. The van der Waals surface area contributed by atoms with E-state index in [0.717, 1.165) is 36.6 Å². The molecule has 0 saturated carbocycles. The molecule has 3 nitrogen and oxygen atoms in total. The maximum atomic E-state index is 11.7. The fourth-order valence-electron chi connectivity index (χ4n) is 3.92. The van der Waals surface area contributed by atoms with E-state index in [1.807, 2.05) is 13.0 Å². The summed E-state index contributed by atoms with van der Waals surface area (Å²) in [5.41, 5.74) is -0.524. The number of hydrogen-bond donors (Lipinski definition) is 1. The van der Waals surface area contributed by atoms with Crippen molar-refractivity contribution in [2.75, 3.05) is 0 Å². The monoisotopic (exact) mass is 299 g/mol. The van der Waals surface area contributed by atoms with Crippen LogP contribution in [0.15, 0.2) is 12.1 Å². The van der Waals surface area contributed by atoms with E-state index in [1.54, 1.807) is 11.3 Å². The summed E-state index contributed by atoms with van der Waals surface area (Å²) < 4.78 is 0.807. The Labute approximate surface area is 122 Å². The summed E-state index contributed by atoms with van der Waals surface area (Å²) in [5.74, 6) is -0.614. The average molecular weight is 300 g/mol. The van der Waals surface area contributed by atoms with Gasteiger partial charge in [0.25, 0.3) is 0 Å². The summed E-state index contributed by atoms with van der Waals surface area (Å²) in [6.45, 7) is 2.86. The van der Waals surface area contributed by atoms with Gasteiger partial charge in [-0.1, -0.05) is 18.5 Å². The lowest BCUT2D eigenvalue weighted by molar-refractivity contribution is -0.151. The number of carbonyl (C=O) groups is 1. The third-order valence-electron chi connectivity index (χ3n) is 4.90. The normalized spacial score (nSPS) is 34.0. The van der Waals surface area contributed by atoms with E-state index in [9.17, 15) is 9.90 Å². The van der Waals surface area contributed by atoms with Crippen LogP contribution in [0.1, 0.15) is 37.5 Å². The summed E-state index contributed by atoms with van der Waals surface area (Å²) >= 11 is 7.57. The molecule has 104 valence electrons. The minimum absolute atomic E-state index is 0.195. The molecule has 0 spiro atoms. The molecule has 2 aliphatic rings. The molecular weight excluding hydrogens is 282 g/mol. The smallest absolute Gasteiger partial charge is 0.311 e. The molecule has 3 rings (SSSR count). The van der Waals surface area contributed by atoms with Crippen LogP contribution in [0.3, 0.4) is 0 Å². The number of halogens is 1. The quantitative estimate of drug-likeness (QED) is 0.923. The van der Waals surface area contributed by atoms with Crippen LogP contribution in [0.4, 0.5) is 0 Å². The summed E-state index contributed by atoms with van der Waals surface area (Å²) in [4.78, 5) is 15.3. The van der Waals surface area contributed by atoms with Crippen LogP contribution in [-0.4, -0.2) is 28.1 Å². The zero-order valence-electron chi connectivity index (χ0n) is 10.9. The number of rotatable bonds is 4. The molecule has 1 aromatic rings. The molecule has 3 atom stereocenters. The highest BCUT2D eigenvalue weighted by molar-refractivity contribution is 7.16. The molecule has 0 aromatic carbocycles. The first kappa shape index (κ1) is 13.4. The predicted octanol–water partition coefficient (Wildman–Crippen LogP) is 3.62. The Morgan fingerprint density at radius 2 is 2.37 bits per heavy atom. The Kier molecular flexibility index (Phi) is 3.36. The van der Waals surface area contributed by atoms with Crippen molar-refractivity contribution in [3.8, 4) is 0 Å². The van der Waals surface area contributed by atoms with E-state index >= 15 is 0 Å². The Balaban J connectivity index is 1.83. The molecule has 0 radical (unpaired) electrons. The van der Waals surface area contributed by atoms with Gasteiger partial charge >= 0.3 is 5.97 Å². The van der Waals surface area contributed by atoms with Gasteiger partial charge in [-0.3, -0.25) is 9.69 Å². The van der Waals surface area contributed by atoms with Crippen LogP contribution in [0.25, 0.3) is 0 Å². The largest absolute Gasteiger partial charge is 0.481 e. The molecule has 3 heterocycles. The Morgan fingerprint density at radius 3 is 2.89 bits per heavy atom. The number of carboxylic acids is 1. The lowest BCUT2D eigenvalue weighted by Gasteiger charge is -2.32. The molecule has 1 aromatic heterocycles. The van der Waals surface area contributed by atoms with Crippen LogP contribution >= 0.6 is 22.9 Å². The number of carboxylic acid groups (broad SMARTS) is 1. The van der Waals surface area contributed by atoms with Crippen LogP contribution < -0.4 is 0 Å². The van der Waals surface area contributed by atoms with E-state index in [0.29, 0.717) is 6.04 Å². The summed E-state index contributed by atoms with van der Waals surface area (Å²) in [7, 11) is 0. The van der Waals surface area contributed by atoms with Gasteiger partial charge in [0.05, 0.1) is 9.75 Å². The lowest BCUT2D eigenvalue weighted by Crippen LogP contribution is -2.42. The van der Waals surface area contributed by atoms with Crippen molar-refractivity contribution in [1.82, 2.24) is 4.90 Å². The van der Waals surface area contributed by atoms with Crippen LogP contribution in [0.2, 0.25) is 4.34 Å². The number of aliphatic carboxylic acids is 1. The lowest BCUT2D eigenvalue weighted by atomic mass is 9.72. The second kappa shape index (κ2) is 4.76. The maximum absolute atomic E-state index is 11.7. The third-order valence-corrected chi connectivity index (χ3v) is 6.12. The van der Waals surface area contributed by atoms with Crippen molar-refractivity contribution in [2.24, 2.45) is 5.41 Å². The minimum atomic E-state index is -0.614. The third kappa shape index (κ3) is 2.01. The summed E-state index contributed by atoms with van der Waals surface area (Å²) in [6, 6.07) is 4.60. The van der Waals surface area contributed by atoms with Crippen LogP contribution in [0.5, 0.6) is 0 Å². The van der Waals surface area contributed by atoms with Gasteiger partial charge in [0.15, 0.2) is 0 Å². The summed E-state index contributed by atoms with van der Waals surface area (Å²) in [6.07, 6.45) is 3.69. The first-order valence-corrected chi connectivity index (χ1v) is 7.99. The van der Waals surface area contributed by atoms with Crippen molar-refractivity contribution < 1.29 is 9.90 Å². The number of nitrogens with zero attached hydrogens (tertiary/aromatic N) is 1. The second-order valence-corrected chi connectivity index (χ2v) is 7.44. The van der Waals surface area contributed by atoms with Crippen molar-refractivity contribution in [3.05, 3.63) is 21.3 Å². The van der Waals surface area contributed by atoms with E-state index in [-0.39, 0.29) is 6.04 Å². The number of hydrogen-bond acceptors (Lipinski definition) is 3. The fourth-order valence-corrected chi connectivity index (χ4v) is 5.02. The predicted molar refractivity (Wildman–Crippen MR) is 76.7 cm³/mol. The number of fused-ring (bicyclic) bond motifs is 2. The zero-order chi connectivity index (χ0) is 13.6. The molecular formula is C14H18ClNO2S. The zero-order valence-corrected chi connectivity index (χ0v) is 12.5. The molecule has 2 fully saturated rings. The van der Waals surface area contributed by atoms with Gasteiger partial charge in [-0.25, -0.2) is 0 Å². The first-order valence-electron chi connectivity index (χ1n) is 6.80. The Hall–Kier alpha value is -0.580. The Morgan fingerprint density at radius 1 is 1.58 bits per heavy atom. The molecule has 0 unspecified atom stereocenters. The molecule has 0 aliphatic carbocycles. The van der Waals surface area contributed by atoms with Gasteiger partial charge in [0.1, 0.15) is 0 Å². The van der Waals surface area contributed by atoms with Crippen molar-refractivity contribution >= 4 is 28.9 Å². The molecule has 2 bridgehead atoms. The number of thiophene rings is 1. The van der Waals surface area contributed by atoms with E-state index in [1.165, 1.54) is 4.88 Å². The van der Waals surface area contributed by atoms with E-state index < -0.39 is 11.4 Å². The van der Waals surface area contributed by atoms with Gasteiger partial charge in [0, 0.05) is 23.5 Å². The van der Waals surface area contributed by atoms with Gasteiger partial charge in [-0.15, -0.1) is 11.3 Å². The fraction of sp³-hybridized carbons (Fsp3) is 0.643. The highest BCUT2D eigenvalue weighted by Gasteiger charge is 2.58. The molecule has 1 N–H and O–H groups in total. The topological polar surface area (TPSA) is 40.5 Å². The second-order valence-electron chi connectivity index (χ2n) is 5.64. The SMILES string of the molecule is CC[C@@]1(C(=O)O)C[C@@H]2CC[C@H]1N2Cc1ccc(Cl)s1. The van der Waals surface area contributed by atoms with Gasteiger partial charge < -0.3 is 5.11 Å². The van der Waals surface area contributed by atoms with E-state index in [2.05, 4.69) is 11.0 Å². The molecule has 5 heteroatoms. The van der Waals surface area contributed by atoms with Crippen molar-refractivity contribution in [2.45, 2.75) is 51.2 Å². The van der Waals surface area contributed by atoms with E-state index in [4.69, 9.17) is 11.6 Å². The molecule has 2 aliphatic heterocycles.